The van der Waals surface area contributed by atoms with E-state index in [9.17, 15) is 9.59 Å². The first kappa shape index (κ1) is 20.9. The third kappa shape index (κ3) is 3.88. The third-order valence-corrected chi connectivity index (χ3v) is 6.43. The van der Waals surface area contributed by atoms with Gasteiger partial charge in [0.05, 0.1) is 32.5 Å². The molecule has 0 N–H and O–H groups in total. The van der Waals surface area contributed by atoms with Gasteiger partial charge in [0.1, 0.15) is 21.7 Å². The van der Waals surface area contributed by atoms with Crippen molar-refractivity contribution in [1.82, 2.24) is 9.88 Å². The van der Waals surface area contributed by atoms with Gasteiger partial charge in [-0.1, -0.05) is 23.5 Å². The van der Waals surface area contributed by atoms with Gasteiger partial charge in [-0.15, -0.1) is 0 Å². The number of amides is 1. The van der Waals surface area contributed by atoms with Gasteiger partial charge in [0.2, 0.25) is 0 Å². The Bertz CT molecular complexity index is 1080. The van der Waals surface area contributed by atoms with Crippen LogP contribution in [0.15, 0.2) is 36.4 Å². The Morgan fingerprint density at radius 2 is 1.55 bits per heavy atom. The molecule has 1 aromatic heterocycles. The molecule has 162 valence electrons. The minimum atomic E-state index is -0.514. The summed E-state index contributed by atoms with van der Waals surface area (Å²) in [7, 11) is 4.57. The van der Waals surface area contributed by atoms with E-state index in [2.05, 4.69) is 4.90 Å². The predicted octanol–water partition coefficient (Wildman–Crippen LogP) is 3.06. The van der Waals surface area contributed by atoms with Gasteiger partial charge in [0, 0.05) is 26.2 Å². The first-order valence-electron chi connectivity index (χ1n) is 9.80. The minimum Gasteiger partial charge on any atom is -0.495 e. The summed E-state index contributed by atoms with van der Waals surface area (Å²) >= 11 is 1.55. The number of hydrogen-bond donors (Lipinski definition) is 0. The van der Waals surface area contributed by atoms with E-state index in [1.165, 1.54) is 7.11 Å². The lowest BCUT2D eigenvalue weighted by Gasteiger charge is -2.34. The van der Waals surface area contributed by atoms with E-state index in [1.807, 2.05) is 12.1 Å². The number of nitrogens with zero attached hydrogens (tertiary/aromatic N) is 3. The maximum atomic E-state index is 13.0. The second-order valence-electron chi connectivity index (χ2n) is 6.96. The molecular weight excluding hydrogens is 418 g/mol. The zero-order valence-electron chi connectivity index (χ0n) is 17.6. The molecule has 0 atom stereocenters. The van der Waals surface area contributed by atoms with E-state index >= 15 is 0 Å². The van der Waals surface area contributed by atoms with Gasteiger partial charge in [-0.3, -0.25) is 4.79 Å². The molecule has 31 heavy (non-hydrogen) atoms. The van der Waals surface area contributed by atoms with Gasteiger partial charge in [0.15, 0.2) is 5.13 Å². The molecule has 1 aliphatic rings. The molecule has 1 aliphatic heterocycles. The number of fused-ring (bicyclic) bond motifs is 1. The largest absolute Gasteiger partial charge is 0.495 e. The molecule has 0 spiro atoms. The molecule has 0 radical (unpaired) electrons. The van der Waals surface area contributed by atoms with Crippen LogP contribution in [0.25, 0.3) is 10.2 Å². The zero-order valence-corrected chi connectivity index (χ0v) is 18.4. The summed E-state index contributed by atoms with van der Waals surface area (Å²) in [4.78, 5) is 33.7. The number of piperazine rings is 1. The zero-order chi connectivity index (χ0) is 22.0. The van der Waals surface area contributed by atoms with Crippen molar-refractivity contribution >= 4 is 38.6 Å². The van der Waals surface area contributed by atoms with Crippen molar-refractivity contribution in [3.8, 4) is 11.5 Å². The highest BCUT2D eigenvalue weighted by Crippen LogP contribution is 2.40. The molecule has 1 amide bonds. The summed E-state index contributed by atoms with van der Waals surface area (Å²) in [6.45, 7) is 2.32. The highest BCUT2D eigenvalue weighted by molar-refractivity contribution is 7.22. The number of ether oxygens (including phenoxy) is 3. The maximum Gasteiger partial charge on any atom is 0.338 e. The molecule has 1 fully saturated rings. The van der Waals surface area contributed by atoms with Crippen molar-refractivity contribution in [2.24, 2.45) is 0 Å². The summed E-state index contributed by atoms with van der Waals surface area (Å²) in [5.74, 6) is 0.771. The molecule has 0 aliphatic carbocycles. The number of anilines is 1. The van der Waals surface area contributed by atoms with Gasteiger partial charge < -0.3 is 24.0 Å². The maximum absolute atomic E-state index is 13.0. The smallest absolute Gasteiger partial charge is 0.338 e. The highest BCUT2D eigenvalue weighted by atomic mass is 32.1. The molecule has 9 heteroatoms. The first-order chi connectivity index (χ1) is 15.1. The van der Waals surface area contributed by atoms with E-state index in [0.717, 1.165) is 21.1 Å². The van der Waals surface area contributed by atoms with Crippen molar-refractivity contribution in [3.63, 3.8) is 0 Å². The number of aromatic nitrogens is 1. The van der Waals surface area contributed by atoms with E-state index < -0.39 is 5.97 Å². The fourth-order valence-corrected chi connectivity index (χ4v) is 4.76. The van der Waals surface area contributed by atoms with Crippen LogP contribution < -0.4 is 14.4 Å². The van der Waals surface area contributed by atoms with E-state index in [0.29, 0.717) is 37.5 Å². The molecule has 0 unspecified atom stereocenters. The van der Waals surface area contributed by atoms with E-state index in [-0.39, 0.29) is 11.5 Å². The van der Waals surface area contributed by atoms with Crippen LogP contribution >= 0.6 is 11.3 Å². The van der Waals surface area contributed by atoms with Gasteiger partial charge >= 0.3 is 5.97 Å². The minimum absolute atomic E-state index is 0.173. The van der Waals surface area contributed by atoms with E-state index in [1.54, 1.807) is 54.7 Å². The lowest BCUT2D eigenvalue weighted by Crippen LogP contribution is -2.49. The van der Waals surface area contributed by atoms with Gasteiger partial charge in [0.25, 0.3) is 5.91 Å². The first-order valence-corrected chi connectivity index (χ1v) is 10.6. The number of hydrogen-bond acceptors (Lipinski definition) is 8. The third-order valence-electron chi connectivity index (χ3n) is 5.30. The molecule has 0 bridgehead atoms. The summed E-state index contributed by atoms with van der Waals surface area (Å²) in [6, 6.07) is 10.5. The molecule has 1 saturated heterocycles. The summed E-state index contributed by atoms with van der Waals surface area (Å²) in [5.41, 5.74) is 1.41. The fraction of sp³-hybridized carbons (Fsp3) is 0.318. The molecule has 0 saturated carbocycles. The van der Waals surface area contributed by atoms with Gasteiger partial charge in [-0.05, 0) is 24.3 Å². The van der Waals surface area contributed by atoms with Crippen LogP contribution in [-0.2, 0) is 4.74 Å². The van der Waals surface area contributed by atoms with Gasteiger partial charge in [-0.2, -0.15) is 0 Å². The van der Waals surface area contributed by atoms with Crippen LogP contribution in [0.1, 0.15) is 20.7 Å². The summed E-state index contributed by atoms with van der Waals surface area (Å²) in [6.07, 6.45) is 0. The second kappa shape index (κ2) is 8.81. The number of benzene rings is 2. The number of methoxy groups -OCH3 is 3. The van der Waals surface area contributed by atoms with Crippen LogP contribution in [0.3, 0.4) is 0 Å². The average Bonchev–Trinajstić information content (AvgIpc) is 3.28. The second-order valence-corrected chi connectivity index (χ2v) is 7.94. The Labute approximate surface area is 183 Å². The van der Waals surface area contributed by atoms with Crippen molar-refractivity contribution in [2.45, 2.75) is 0 Å². The Hall–Kier alpha value is -3.33. The lowest BCUT2D eigenvalue weighted by atomic mass is 10.1. The fourth-order valence-electron chi connectivity index (χ4n) is 3.64. The van der Waals surface area contributed by atoms with E-state index in [4.69, 9.17) is 19.2 Å². The van der Waals surface area contributed by atoms with Crippen LogP contribution in [-0.4, -0.2) is 69.3 Å². The van der Waals surface area contributed by atoms with Crippen molar-refractivity contribution in [1.29, 1.82) is 0 Å². The number of carbonyl (C=O) groups is 2. The number of carbonyl (C=O) groups excluding carboxylic acids is 2. The monoisotopic (exact) mass is 441 g/mol. The number of thiazole rings is 1. The Kier molecular flexibility index (Phi) is 5.94. The van der Waals surface area contributed by atoms with Crippen molar-refractivity contribution < 1.29 is 23.8 Å². The Morgan fingerprint density at radius 1 is 0.903 bits per heavy atom. The molecule has 2 heterocycles. The lowest BCUT2D eigenvalue weighted by molar-refractivity contribution is 0.0589. The van der Waals surface area contributed by atoms with Crippen molar-refractivity contribution in [2.75, 3.05) is 52.4 Å². The summed E-state index contributed by atoms with van der Waals surface area (Å²) < 4.78 is 16.7. The van der Waals surface area contributed by atoms with Crippen LogP contribution in [0.2, 0.25) is 0 Å². The number of rotatable bonds is 5. The van der Waals surface area contributed by atoms with Gasteiger partial charge in [-0.25, -0.2) is 9.78 Å². The molecular formula is C22H23N3O5S. The molecule has 2 aromatic carbocycles. The molecule has 8 nitrogen and oxygen atoms in total. The topological polar surface area (TPSA) is 81.2 Å². The number of esters is 1. The Balaban J connectivity index is 1.52. The molecule has 4 rings (SSSR count). The van der Waals surface area contributed by atoms with Crippen molar-refractivity contribution in [3.05, 3.63) is 47.5 Å². The standard InChI is InChI=1S/C22H23N3O5S/c1-28-16-8-9-17(29-2)19-18(16)23-22(31-19)25-12-10-24(11-13-25)20(26)14-6-4-5-7-15(14)21(27)30-3/h4-9H,10-13H2,1-3H3. The normalized spacial score (nSPS) is 13.9. The van der Waals surface area contributed by atoms with Crippen LogP contribution in [0.5, 0.6) is 11.5 Å². The quantitative estimate of drug-likeness (QED) is 0.563. The SMILES string of the molecule is COC(=O)c1ccccc1C(=O)N1CCN(c2nc3c(OC)ccc(OC)c3s2)CC1. The van der Waals surface area contributed by atoms with Crippen LogP contribution in [0, 0.1) is 0 Å². The van der Waals surface area contributed by atoms with Crippen LogP contribution in [0.4, 0.5) is 5.13 Å². The Morgan fingerprint density at radius 3 is 2.19 bits per heavy atom. The summed E-state index contributed by atoms with van der Waals surface area (Å²) in [5, 5.41) is 0.861. The highest BCUT2D eigenvalue weighted by Gasteiger charge is 2.27. The predicted molar refractivity (Wildman–Crippen MR) is 119 cm³/mol. The molecule has 3 aromatic rings. The average molecular weight is 442 g/mol.